The molecule has 2 fully saturated rings. The van der Waals surface area contributed by atoms with Crippen LogP contribution >= 0.6 is 0 Å². The number of rotatable bonds is 0. The molecule has 3 heteroatoms. The van der Waals surface area contributed by atoms with Crippen molar-refractivity contribution in [3.63, 3.8) is 0 Å². The van der Waals surface area contributed by atoms with E-state index in [4.69, 9.17) is 0 Å². The fourth-order valence-corrected chi connectivity index (χ4v) is 2.36. The molecule has 0 N–H and O–H groups in total. The van der Waals surface area contributed by atoms with Crippen molar-refractivity contribution in [2.24, 2.45) is 0 Å². The molecule has 0 radical (unpaired) electrons. The number of hydrogen-bond donors (Lipinski definition) is 0. The van der Waals surface area contributed by atoms with Gasteiger partial charge in [-0.15, -0.1) is 0 Å². The molecular formula is C8H14N2O. The molecule has 1 aliphatic heterocycles. The summed E-state index contributed by atoms with van der Waals surface area (Å²) in [6.07, 6.45) is 3.66. The van der Waals surface area contributed by atoms with Crippen molar-refractivity contribution in [3.05, 3.63) is 0 Å². The predicted molar refractivity (Wildman–Crippen MR) is 42.3 cm³/mol. The molecule has 0 aromatic heterocycles. The summed E-state index contributed by atoms with van der Waals surface area (Å²) in [6, 6.07) is 1.21. The molecule has 1 aliphatic carbocycles. The molecule has 2 rings (SSSR count). The Balaban J connectivity index is 2.23. The second-order valence-corrected chi connectivity index (χ2v) is 3.57. The van der Waals surface area contributed by atoms with Crippen LogP contribution in [0.3, 0.4) is 0 Å². The van der Waals surface area contributed by atoms with Crippen molar-refractivity contribution in [2.45, 2.75) is 31.3 Å². The van der Waals surface area contributed by atoms with E-state index >= 15 is 0 Å². The van der Waals surface area contributed by atoms with Gasteiger partial charge in [-0.1, -0.05) is 0 Å². The van der Waals surface area contributed by atoms with Gasteiger partial charge in [-0.05, 0) is 19.3 Å². The third-order valence-electron chi connectivity index (χ3n) is 3.04. The molecular weight excluding hydrogens is 140 g/mol. The highest BCUT2D eigenvalue weighted by Gasteiger charge is 2.44. The lowest BCUT2D eigenvalue weighted by Crippen LogP contribution is -2.29. The fraction of sp³-hybridized carbons (Fsp3) is 0.875. The Labute approximate surface area is 67.0 Å². The Kier molecular flexibility index (Phi) is 1.34. The molecule has 2 aliphatic rings. The topological polar surface area (TPSA) is 23.6 Å². The summed E-state index contributed by atoms with van der Waals surface area (Å²) in [5.74, 6) is 0. The number of hydrogen-bond acceptors (Lipinski definition) is 1. The van der Waals surface area contributed by atoms with Gasteiger partial charge in [0.05, 0.1) is 12.1 Å². The molecule has 0 aromatic carbocycles. The molecule has 0 bridgehead atoms. The number of nitrogens with zero attached hydrogens (tertiary/aromatic N) is 2. The lowest BCUT2D eigenvalue weighted by atomic mass is 10.2. The second-order valence-electron chi connectivity index (χ2n) is 3.57. The smallest absolute Gasteiger partial charge is 0.320 e. The third-order valence-corrected chi connectivity index (χ3v) is 3.04. The molecule has 62 valence electrons. The van der Waals surface area contributed by atoms with Crippen LogP contribution in [0, 0.1) is 0 Å². The van der Waals surface area contributed by atoms with Crippen molar-refractivity contribution in [1.29, 1.82) is 0 Å². The van der Waals surface area contributed by atoms with Gasteiger partial charge in [-0.25, -0.2) is 4.79 Å². The molecule has 2 atom stereocenters. The maximum absolute atomic E-state index is 11.4. The zero-order chi connectivity index (χ0) is 8.01. The standard InChI is InChI=1S/C8H14N2O/c1-9-6-4-3-5-7(6)10(2)8(9)11/h6-7H,3-5H2,1-2H3. The van der Waals surface area contributed by atoms with Gasteiger partial charge in [0.2, 0.25) is 0 Å². The molecule has 1 heterocycles. The largest absolute Gasteiger partial charge is 0.323 e. The summed E-state index contributed by atoms with van der Waals surface area (Å²) in [7, 11) is 3.82. The lowest BCUT2D eigenvalue weighted by molar-refractivity contribution is 0.196. The van der Waals surface area contributed by atoms with Gasteiger partial charge in [-0.2, -0.15) is 0 Å². The van der Waals surface area contributed by atoms with E-state index in [0.29, 0.717) is 12.1 Å². The summed E-state index contributed by atoms with van der Waals surface area (Å²) in [5, 5.41) is 0. The van der Waals surface area contributed by atoms with Crippen LogP contribution in [-0.2, 0) is 0 Å². The molecule has 3 nitrogen and oxygen atoms in total. The fourth-order valence-electron chi connectivity index (χ4n) is 2.36. The summed E-state index contributed by atoms with van der Waals surface area (Å²) in [6.45, 7) is 0. The Hall–Kier alpha value is -0.730. The average molecular weight is 154 g/mol. The highest BCUT2D eigenvalue weighted by Crippen LogP contribution is 2.32. The first-order valence-corrected chi connectivity index (χ1v) is 4.21. The highest BCUT2D eigenvalue weighted by molar-refractivity contribution is 5.77. The van der Waals surface area contributed by atoms with Crippen molar-refractivity contribution < 1.29 is 4.79 Å². The average Bonchev–Trinajstić information content (AvgIpc) is 2.53. The van der Waals surface area contributed by atoms with Crippen LogP contribution in [0.5, 0.6) is 0 Å². The van der Waals surface area contributed by atoms with Crippen molar-refractivity contribution in [1.82, 2.24) is 9.80 Å². The van der Waals surface area contributed by atoms with E-state index in [2.05, 4.69) is 0 Å². The zero-order valence-corrected chi connectivity index (χ0v) is 7.08. The highest BCUT2D eigenvalue weighted by atomic mass is 16.2. The van der Waals surface area contributed by atoms with Crippen LogP contribution in [0.25, 0.3) is 0 Å². The number of amides is 2. The monoisotopic (exact) mass is 154 g/mol. The first-order valence-electron chi connectivity index (χ1n) is 4.21. The Morgan fingerprint density at radius 2 is 1.64 bits per heavy atom. The van der Waals surface area contributed by atoms with E-state index in [1.165, 1.54) is 19.3 Å². The number of carbonyl (C=O) groups is 1. The molecule has 2 amide bonds. The molecule has 0 spiro atoms. The zero-order valence-electron chi connectivity index (χ0n) is 7.08. The minimum absolute atomic E-state index is 0.194. The number of fused-ring (bicyclic) bond motifs is 1. The van der Waals surface area contributed by atoms with E-state index in [1.54, 1.807) is 0 Å². The van der Waals surface area contributed by atoms with Crippen molar-refractivity contribution in [3.8, 4) is 0 Å². The Bertz CT molecular complexity index is 175. The van der Waals surface area contributed by atoms with Gasteiger partial charge in [-0.3, -0.25) is 0 Å². The number of carbonyl (C=O) groups excluding carboxylic acids is 1. The number of urea groups is 1. The Morgan fingerprint density at radius 3 is 2.09 bits per heavy atom. The number of likely N-dealkylation sites (N-methyl/N-ethyl adjacent to an activating group) is 2. The van der Waals surface area contributed by atoms with Crippen LogP contribution in [-0.4, -0.2) is 42.0 Å². The van der Waals surface area contributed by atoms with E-state index in [0.717, 1.165) is 0 Å². The summed E-state index contributed by atoms with van der Waals surface area (Å²) in [5.41, 5.74) is 0. The van der Waals surface area contributed by atoms with Crippen LogP contribution in [0.1, 0.15) is 19.3 Å². The first-order chi connectivity index (χ1) is 5.22. The molecule has 1 saturated heterocycles. The van der Waals surface area contributed by atoms with Crippen LogP contribution in [0.4, 0.5) is 4.79 Å². The van der Waals surface area contributed by atoms with Crippen molar-refractivity contribution >= 4 is 6.03 Å². The maximum Gasteiger partial charge on any atom is 0.320 e. The van der Waals surface area contributed by atoms with Gasteiger partial charge < -0.3 is 9.80 Å². The quantitative estimate of drug-likeness (QED) is 0.508. The van der Waals surface area contributed by atoms with Gasteiger partial charge >= 0.3 is 6.03 Å². The predicted octanol–water partition coefficient (Wildman–Crippen LogP) is 0.905. The molecule has 1 saturated carbocycles. The SMILES string of the molecule is CN1C(=O)N(C)C2CCCC21. The molecule has 2 unspecified atom stereocenters. The third kappa shape index (κ3) is 0.767. The van der Waals surface area contributed by atoms with Crippen LogP contribution in [0.2, 0.25) is 0 Å². The second kappa shape index (κ2) is 2.13. The van der Waals surface area contributed by atoms with E-state index in [-0.39, 0.29) is 6.03 Å². The van der Waals surface area contributed by atoms with Gasteiger partial charge in [0, 0.05) is 14.1 Å². The van der Waals surface area contributed by atoms with Crippen LogP contribution < -0.4 is 0 Å². The summed E-state index contributed by atoms with van der Waals surface area (Å²) < 4.78 is 0. The maximum atomic E-state index is 11.4. The summed E-state index contributed by atoms with van der Waals surface area (Å²) in [4.78, 5) is 15.1. The Morgan fingerprint density at radius 1 is 1.18 bits per heavy atom. The van der Waals surface area contributed by atoms with Gasteiger partial charge in [0.25, 0.3) is 0 Å². The van der Waals surface area contributed by atoms with E-state index in [9.17, 15) is 4.79 Å². The molecule has 0 aromatic rings. The van der Waals surface area contributed by atoms with Gasteiger partial charge in [0.1, 0.15) is 0 Å². The first kappa shape index (κ1) is 6.95. The van der Waals surface area contributed by atoms with Gasteiger partial charge in [0.15, 0.2) is 0 Å². The van der Waals surface area contributed by atoms with E-state index in [1.807, 2.05) is 23.9 Å². The summed E-state index contributed by atoms with van der Waals surface area (Å²) >= 11 is 0. The van der Waals surface area contributed by atoms with Crippen LogP contribution in [0.15, 0.2) is 0 Å². The van der Waals surface area contributed by atoms with Crippen molar-refractivity contribution in [2.75, 3.05) is 14.1 Å². The minimum Gasteiger partial charge on any atom is -0.323 e. The molecule has 11 heavy (non-hydrogen) atoms. The normalized spacial score (nSPS) is 36.7. The lowest BCUT2D eigenvalue weighted by Gasteiger charge is -2.15. The minimum atomic E-state index is 0.194. The van der Waals surface area contributed by atoms with E-state index < -0.39 is 0 Å².